The van der Waals surface area contributed by atoms with Crippen LogP contribution in [0.4, 0.5) is 5.69 Å². The van der Waals surface area contributed by atoms with Gasteiger partial charge in [0.1, 0.15) is 5.75 Å². The van der Waals surface area contributed by atoms with E-state index >= 15 is 0 Å². The lowest BCUT2D eigenvalue weighted by atomic mass is 9.92. The van der Waals surface area contributed by atoms with E-state index in [9.17, 15) is 14.4 Å². The van der Waals surface area contributed by atoms with Crippen LogP contribution < -0.4 is 9.64 Å². The van der Waals surface area contributed by atoms with Gasteiger partial charge in [-0.2, -0.15) is 0 Å². The number of hydrogen-bond acceptors (Lipinski definition) is 5. The molecule has 3 aromatic carbocycles. The summed E-state index contributed by atoms with van der Waals surface area (Å²) in [5.74, 6) is -0.570. The van der Waals surface area contributed by atoms with Crippen LogP contribution in [-0.2, 0) is 0 Å². The van der Waals surface area contributed by atoms with Crippen molar-refractivity contribution in [3.8, 4) is 5.75 Å². The van der Waals surface area contributed by atoms with E-state index in [2.05, 4.69) is 5.73 Å². The van der Waals surface area contributed by atoms with E-state index in [-0.39, 0.29) is 34.0 Å². The lowest BCUT2D eigenvalue weighted by molar-refractivity contribution is 0.0988. The summed E-state index contributed by atoms with van der Waals surface area (Å²) in [5, 5.41) is 0.650. The second kappa shape index (κ2) is 11.1. The number of halogens is 1. The van der Waals surface area contributed by atoms with E-state index in [1.54, 1.807) is 42.5 Å². The van der Waals surface area contributed by atoms with Gasteiger partial charge in [-0.3, -0.25) is 14.4 Å². The van der Waals surface area contributed by atoms with Crippen LogP contribution in [-0.4, -0.2) is 31.5 Å². The highest BCUT2D eigenvalue weighted by atomic mass is 35.5. The number of allylic oxidation sites excluding steroid dienone is 4. The van der Waals surface area contributed by atoms with Crippen molar-refractivity contribution in [2.24, 2.45) is 0 Å². The molecule has 5 nitrogen and oxygen atoms in total. The molecule has 0 saturated heterocycles. The number of ether oxygens (including phenoxy) is 1. The fourth-order valence-electron chi connectivity index (χ4n) is 3.98. The quantitative estimate of drug-likeness (QED) is 0.252. The van der Waals surface area contributed by atoms with Gasteiger partial charge >= 0.3 is 0 Å². The second-order valence-electron chi connectivity index (χ2n) is 8.36. The molecular formula is C31H24ClNO4. The largest absolute Gasteiger partial charge is 0.496 e. The number of anilines is 1. The van der Waals surface area contributed by atoms with Crippen LogP contribution in [0.3, 0.4) is 0 Å². The van der Waals surface area contributed by atoms with Crippen molar-refractivity contribution in [1.82, 2.24) is 0 Å². The van der Waals surface area contributed by atoms with E-state index in [0.717, 1.165) is 11.4 Å². The van der Waals surface area contributed by atoms with Gasteiger partial charge in [-0.1, -0.05) is 29.8 Å². The molecule has 37 heavy (non-hydrogen) atoms. The summed E-state index contributed by atoms with van der Waals surface area (Å²) >= 11 is 5.99. The number of para-hydroxylation sites is 1. The first-order valence-electron chi connectivity index (χ1n) is 11.5. The van der Waals surface area contributed by atoms with Gasteiger partial charge in [0.05, 0.1) is 18.2 Å². The number of rotatable bonds is 8. The number of Topliss-reactive ketones (excluding diaryl/α,β-unsaturated/α-hetero) is 2. The van der Waals surface area contributed by atoms with Gasteiger partial charge in [-0.05, 0) is 79.8 Å². The van der Waals surface area contributed by atoms with Crippen molar-refractivity contribution in [3.63, 3.8) is 0 Å². The summed E-state index contributed by atoms with van der Waals surface area (Å²) < 4.78 is 5.30. The first-order valence-corrected chi connectivity index (χ1v) is 11.9. The molecule has 0 fully saturated rings. The zero-order chi connectivity index (χ0) is 26.5. The molecule has 6 heteroatoms. The molecule has 1 aliphatic carbocycles. The van der Waals surface area contributed by atoms with Crippen LogP contribution in [0.25, 0.3) is 0 Å². The Balaban J connectivity index is 1.61. The van der Waals surface area contributed by atoms with Crippen LogP contribution in [0.2, 0.25) is 5.02 Å². The summed E-state index contributed by atoms with van der Waals surface area (Å²) in [7, 11) is 3.39. The van der Waals surface area contributed by atoms with E-state index in [0.29, 0.717) is 21.9 Å². The molecule has 0 atom stereocenters. The summed E-state index contributed by atoms with van der Waals surface area (Å²) in [6.07, 6.45) is 7.04. The molecule has 0 bridgehead atoms. The molecule has 0 saturated carbocycles. The van der Waals surface area contributed by atoms with Crippen LogP contribution in [0.1, 0.15) is 43.6 Å². The lowest BCUT2D eigenvalue weighted by Gasteiger charge is -2.20. The van der Waals surface area contributed by atoms with Gasteiger partial charge in [-0.25, -0.2) is 0 Å². The first kappa shape index (κ1) is 25.6. The highest BCUT2D eigenvalue weighted by Crippen LogP contribution is 2.26. The maximum absolute atomic E-state index is 13.3. The molecule has 0 amide bonds. The zero-order valence-corrected chi connectivity index (χ0v) is 21.4. The third kappa shape index (κ3) is 5.54. The van der Waals surface area contributed by atoms with E-state index in [1.165, 1.54) is 26.2 Å². The number of hydrogen-bond donors (Lipinski definition) is 0. The molecule has 4 rings (SSSR count). The number of carbonyl (C=O) groups excluding carboxylic acids is 3. The normalized spacial score (nSPS) is 12.3. The zero-order valence-electron chi connectivity index (χ0n) is 20.6. The van der Waals surface area contributed by atoms with Gasteiger partial charge < -0.3 is 9.64 Å². The highest BCUT2D eigenvalue weighted by molar-refractivity contribution is 6.30. The maximum atomic E-state index is 13.3. The Hall–Kier alpha value is -4.44. The number of carbonyl (C=O) groups is 3. The van der Waals surface area contributed by atoms with Crippen molar-refractivity contribution < 1.29 is 19.1 Å². The third-order valence-electron chi connectivity index (χ3n) is 6.02. The topological polar surface area (TPSA) is 63.7 Å². The molecule has 1 aliphatic rings. The molecule has 3 aromatic rings. The second-order valence-corrected chi connectivity index (χ2v) is 8.80. The Morgan fingerprint density at radius 1 is 0.865 bits per heavy atom. The Morgan fingerprint density at radius 3 is 2.30 bits per heavy atom. The van der Waals surface area contributed by atoms with Crippen molar-refractivity contribution in [2.45, 2.75) is 6.92 Å². The van der Waals surface area contributed by atoms with Crippen molar-refractivity contribution in [3.05, 3.63) is 135 Å². The minimum Gasteiger partial charge on any atom is -0.496 e. The van der Waals surface area contributed by atoms with Crippen LogP contribution >= 0.6 is 11.6 Å². The summed E-state index contributed by atoms with van der Waals surface area (Å²) in [4.78, 5) is 41.0. The van der Waals surface area contributed by atoms with Crippen LogP contribution in [0.15, 0.2) is 108 Å². The maximum Gasteiger partial charge on any atom is 0.200 e. The number of benzene rings is 3. The Morgan fingerprint density at radius 2 is 1.59 bits per heavy atom. The predicted octanol–water partition coefficient (Wildman–Crippen LogP) is 6.64. The van der Waals surface area contributed by atoms with E-state index in [4.69, 9.17) is 16.3 Å². The number of methoxy groups -OCH3 is 1. The summed E-state index contributed by atoms with van der Waals surface area (Å²) in [6, 6.07) is 18.8. The van der Waals surface area contributed by atoms with Crippen molar-refractivity contribution in [2.75, 3.05) is 19.1 Å². The molecule has 0 N–H and O–H groups in total. The van der Waals surface area contributed by atoms with Gasteiger partial charge in [0.2, 0.25) is 5.78 Å². The summed E-state index contributed by atoms with van der Waals surface area (Å²) in [5.41, 5.74) is 6.14. The number of likely N-dealkylation sites (N-methyl/N-ethyl adjacent to an activating group) is 1. The SMILES string of the molecule is COc1ccccc1C(=O)c1ccc(C(=O)C2=C=CC=C(N(C)c3ccc(Cl)cc3)C=C2)cc1C(C)=O. The molecule has 0 aliphatic heterocycles. The van der Waals surface area contributed by atoms with Crippen molar-refractivity contribution in [1.29, 1.82) is 0 Å². The molecule has 0 unspecified atom stereocenters. The Bertz CT molecular complexity index is 1520. The molecule has 0 radical (unpaired) electrons. The summed E-state index contributed by atoms with van der Waals surface area (Å²) in [6.45, 7) is 1.37. The third-order valence-corrected chi connectivity index (χ3v) is 6.27. The average Bonchev–Trinajstić information content (AvgIpc) is 3.18. The molecule has 0 heterocycles. The van der Waals surface area contributed by atoms with E-state index in [1.807, 2.05) is 48.4 Å². The molecule has 184 valence electrons. The molecule has 0 aromatic heterocycles. The number of ketones is 3. The smallest absolute Gasteiger partial charge is 0.200 e. The number of nitrogens with zero attached hydrogens (tertiary/aromatic N) is 1. The fraction of sp³-hybridized carbons (Fsp3) is 0.0968. The van der Waals surface area contributed by atoms with Crippen molar-refractivity contribution >= 4 is 34.6 Å². The van der Waals surface area contributed by atoms with Gasteiger partial charge in [0.25, 0.3) is 0 Å². The average molecular weight is 510 g/mol. The Labute approximate surface area is 220 Å². The first-order chi connectivity index (χ1) is 17.8. The minimum absolute atomic E-state index is 0.172. The monoisotopic (exact) mass is 509 g/mol. The van der Waals surface area contributed by atoms with E-state index < -0.39 is 0 Å². The molecular weight excluding hydrogens is 486 g/mol. The minimum atomic E-state index is -0.353. The van der Waals surface area contributed by atoms with Crippen LogP contribution in [0.5, 0.6) is 5.75 Å². The predicted molar refractivity (Wildman–Crippen MR) is 146 cm³/mol. The molecule has 0 spiro atoms. The standard InChI is InChI=1S/C31H24ClNO4/c1-20(34)28-19-22(12-18-26(28)31(36)27-9-4-5-10-29(27)37-3)30(35)21-7-6-8-24(15-11-21)33(2)25-16-13-23(32)14-17-25/h4-6,8-19H,1-3H3. The lowest BCUT2D eigenvalue weighted by Crippen LogP contribution is -2.14. The Kier molecular flexibility index (Phi) is 7.69. The van der Waals surface area contributed by atoms with Crippen LogP contribution in [0, 0.1) is 0 Å². The highest BCUT2D eigenvalue weighted by Gasteiger charge is 2.22. The van der Waals surface area contributed by atoms with Gasteiger partial charge in [-0.15, -0.1) is 5.73 Å². The fourth-order valence-corrected chi connectivity index (χ4v) is 4.10. The van der Waals surface area contributed by atoms with Gasteiger partial charge in [0.15, 0.2) is 11.6 Å². The van der Waals surface area contributed by atoms with Gasteiger partial charge in [0, 0.05) is 40.1 Å².